The number of methoxy groups -OCH3 is 2. The zero-order valence-corrected chi connectivity index (χ0v) is 42.6. The first kappa shape index (κ1) is 44.8. The van der Waals surface area contributed by atoms with Crippen molar-refractivity contribution in [1.82, 2.24) is 9.80 Å². The molecule has 9 atom stereocenters. The molecule has 3 saturated carbocycles. The number of allylic oxidation sites excluding steroid dienone is 3. The Labute approximate surface area is 388 Å². The van der Waals surface area contributed by atoms with Crippen molar-refractivity contribution in [3.63, 3.8) is 0 Å². The van der Waals surface area contributed by atoms with Crippen LogP contribution in [0.2, 0.25) is 0 Å². The number of carbonyl (C=O) groups is 2. The molecule has 4 aliphatic heterocycles. The van der Waals surface area contributed by atoms with Gasteiger partial charge < -0.3 is 34.1 Å². The minimum absolute atomic E-state index is 0. The number of ketones is 2. The molecular weight excluding hydrogens is 1190 g/mol. The van der Waals surface area contributed by atoms with Gasteiger partial charge in [-0.05, 0) is 127 Å². The first-order valence-corrected chi connectivity index (χ1v) is 32.3. The maximum absolute atomic E-state index is 12.8. The van der Waals surface area contributed by atoms with E-state index in [0.29, 0.717) is 36.8 Å². The van der Waals surface area contributed by atoms with Crippen molar-refractivity contribution in [1.29, 1.82) is 0 Å². The molecule has 4 heterocycles. The average Bonchev–Trinajstić information content (AvgIpc) is 3.76. The molecule has 0 radical (unpaired) electrons. The molecule has 9 unspecified atom stereocenters. The molecule has 2 saturated heterocycles. The van der Waals surface area contributed by atoms with E-state index in [-0.39, 0.29) is 81.4 Å². The van der Waals surface area contributed by atoms with Gasteiger partial charge in [0.1, 0.15) is 23.2 Å². The molecule has 0 amide bonds. The summed E-state index contributed by atoms with van der Waals surface area (Å²) in [5, 5.41) is 20.9. The molecule has 10 aliphatic rings. The van der Waals surface area contributed by atoms with Gasteiger partial charge in [-0.25, -0.2) is 0 Å². The Kier molecular flexibility index (Phi) is 12.8. The first-order chi connectivity index (χ1) is 27.3. The van der Waals surface area contributed by atoms with Crippen molar-refractivity contribution < 1.29 is 52.0 Å². The summed E-state index contributed by atoms with van der Waals surface area (Å²) in [5.41, 5.74) is 5.61. The number of rotatable bonds is 4. The second kappa shape index (κ2) is 16.5. The summed E-state index contributed by atoms with van der Waals surface area (Å²) in [5.74, 6) is 2.76. The van der Waals surface area contributed by atoms with Gasteiger partial charge in [-0.2, -0.15) is 0 Å². The molecule has 58 heavy (non-hydrogen) atoms. The number of phenols is 2. The Morgan fingerprint density at radius 1 is 0.914 bits per heavy atom. The molecule has 316 valence electrons. The van der Waals surface area contributed by atoms with Crippen molar-refractivity contribution >= 4 is 72.8 Å². The molecule has 5 fully saturated rings. The number of hydrogen-bond acceptors (Lipinski definition) is 10. The fourth-order valence-electron chi connectivity index (χ4n) is 13.1. The summed E-state index contributed by atoms with van der Waals surface area (Å²) >= 11 is 5.30. The van der Waals surface area contributed by atoms with Crippen LogP contribution in [0, 0.1) is 11.3 Å². The van der Waals surface area contributed by atoms with Crippen LogP contribution in [0.5, 0.6) is 23.0 Å². The summed E-state index contributed by atoms with van der Waals surface area (Å²) in [6, 6.07) is 8.53. The number of likely N-dealkylation sites (N-methyl/N-ethyl adjacent to an activating group) is 2. The quantitative estimate of drug-likeness (QED) is 0.330. The third-order valence-corrected chi connectivity index (χ3v) is 15.4. The van der Waals surface area contributed by atoms with Crippen LogP contribution >= 0.6 is 61.2 Å². The van der Waals surface area contributed by atoms with Crippen molar-refractivity contribution in [3.8, 4) is 23.0 Å². The van der Waals surface area contributed by atoms with Crippen LogP contribution in [0.3, 0.4) is 0 Å². The Hall–Kier alpha value is -1.20. The molecule has 2 aromatic carbocycles. The van der Waals surface area contributed by atoms with Gasteiger partial charge in [0.15, 0.2) is 34.9 Å². The first-order valence-electron chi connectivity index (χ1n) is 19.7. The standard InChI is InChI=1S/C22H27NO4.C18H19NO3.C4H6O.I3.HI/c1-12(24)14-11-20-6-7-22(14,26-3)19-21(20)8-9-23(2)16(20)10-13-4-5-15(25)18(27-19)17(13)21;1-19-8-7-18-11-4-6-14(21-2)17(18)22-16-13(20)5-3-10(15(16)18)9-12(11)19;1-3-4(2)5;1-3-2;/h4-5,14,16,19,25H,6-11H2,1-3H3;3-6,12,17,20H,7-9H2,1-2H3;3H,1H2,2H3;;1H/q;;;-1;. The van der Waals surface area contributed by atoms with Crippen LogP contribution in [0.15, 0.2) is 60.4 Å². The van der Waals surface area contributed by atoms with Crippen molar-refractivity contribution in [3.05, 3.63) is 82.7 Å². The Morgan fingerprint density at radius 2 is 1.53 bits per heavy atom. The topological polar surface area (TPSA) is 118 Å². The summed E-state index contributed by atoms with van der Waals surface area (Å²) in [6.45, 7) is 8.44. The van der Waals surface area contributed by atoms with Crippen LogP contribution < -0.4 is 22.7 Å². The van der Waals surface area contributed by atoms with Gasteiger partial charge in [-0.15, -0.1) is 24.0 Å². The molecule has 10 nitrogen and oxygen atoms in total. The number of likely N-dealkylation sites (tertiary alicyclic amines) is 2. The van der Waals surface area contributed by atoms with E-state index in [1.807, 2.05) is 6.08 Å². The van der Waals surface area contributed by atoms with Crippen LogP contribution in [-0.4, -0.2) is 103 Å². The number of nitrogens with zero attached hydrogens (tertiary/aromatic N) is 2. The van der Waals surface area contributed by atoms with Crippen molar-refractivity contribution in [2.24, 2.45) is 11.3 Å². The predicted octanol–water partition coefficient (Wildman–Crippen LogP) is 4.70. The van der Waals surface area contributed by atoms with E-state index >= 15 is 0 Å². The Morgan fingerprint density at radius 3 is 2.14 bits per heavy atom. The fourth-order valence-corrected chi connectivity index (χ4v) is 13.1. The van der Waals surface area contributed by atoms with Crippen LogP contribution in [-0.2, 0) is 42.7 Å². The van der Waals surface area contributed by atoms with E-state index in [1.165, 1.54) is 40.8 Å². The van der Waals surface area contributed by atoms with E-state index in [1.54, 1.807) is 33.3 Å². The molecule has 6 bridgehead atoms. The number of Topliss-reactive ketones (excluding diaryl/α,β-unsaturated/α-hetero) is 1. The average molecular weight is 1250 g/mol. The summed E-state index contributed by atoms with van der Waals surface area (Å²) in [4.78, 5) is 27.4. The van der Waals surface area contributed by atoms with Gasteiger partial charge in [0.05, 0.1) is 18.4 Å². The predicted molar refractivity (Wildman–Crippen MR) is 246 cm³/mol. The summed E-state index contributed by atoms with van der Waals surface area (Å²) in [7, 11) is 7.88. The number of piperidine rings is 2. The van der Waals surface area contributed by atoms with Gasteiger partial charge in [0, 0.05) is 41.2 Å². The number of hydrogen-bond donors (Lipinski definition) is 2. The van der Waals surface area contributed by atoms with Crippen molar-refractivity contribution in [2.45, 2.75) is 99.5 Å². The maximum atomic E-state index is 12.8. The van der Waals surface area contributed by atoms with Crippen LogP contribution in [0.4, 0.5) is 0 Å². The van der Waals surface area contributed by atoms with Gasteiger partial charge in [0.2, 0.25) is 0 Å². The number of fused-ring (bicyclic) bond motifs is 2. The van der Waals surface area contributed by atoms with Gasteiger partial charge >= 0.3 is 50.5 Å². The zero-order chi connectivity index (χ0) is 40.8. The number of ether oxygens (including phenoxy) is 4. The molecule has 2 aromatic rings. The minimum atomic E-state index is -0.589. The van der Waals surface area contributed by atoms with E-state index < -0.39 is 5.60 Å². The molecule has 2 N–H and O–H groups in total. The van der Waals surface area contributed by atoms with E-state index in [4.69, 9.17) is 18.9 Å². The number of halogens is 4. The molecule has 0 aromatic heterocycles. The van der Waals surface area contributed by atoms with E-state index in [2.05, 4.69) is 85.9 Å². The zero-order valence-electron chi connectivity index (χ0n) is 33.8. The number of phenolic OH excluding ortho intramolecular Hbond substituents is 2. The second-order valence-electron chi connectivity index (χ2n) is 17.2. The van der Waals surface area contributed by atoms with Gasteiger partial charge in [-0.3, -0.25) is 14.5 Å². The molecular formula is C44H53I4N2O8-. The van der Waals surface area contributed by atoms with E-state index in [9.17, 15) is 19.8 Å². The second-order valence-corrected chi connectivity index (χ2v) is 33.4. The fraction of sp³-hybridized carbons (Fsp3) is 0.545. The third kappa shape index (κ3) is 6.06. The molecule has 3 spiro atoms. The Bertz CT molecular complexity index is 2100. The normalized spacial score (nSPS) is 35.5. The van der Waals surface area contributed by atoms with Gasteiger partial charge in [0.25, 0.3) is 0 Å². The number of aromatic hydroxyl groups is 2. The Balaban J connectivity index is 0.000000149. The molecule has 14 heteroatoms. The molecule has 12 rings (SSSR count). The SMILES string of the molecule is C=CC(C)=O.COC12CCC3(CC1C(C)=O)C1Cc4ccc(O)c5c4C3(CCN1C)C2O5.COC1=CC=C2C3Cc4ccc(O)c5c4C2(CCN3C)C1O5.I.I[I-]I. The summed E-state index contributed by atoms with van der Waals surface area (Å²) < 4.78 is 24.7. The van der Waals surface area contributed by atoms with Crippen LogP contribution in [0.25, 0.3) is 0 Å². The van der Waals surface area contributed by atoms with E-state index in [0.717, 1.165) is 63.8 Å². The third-order valence-electron chi connectivity index (χ3n) is 15.4. The number of benzene rings is 2. The number of carbonyl (C=O) groups excluding carboxylic acids is 2. The van der Waals surface area contributed by atoms with Crippen molar-refractivity contribution in [2.75, 3.05) is 41.4 Å². The van der Waals surface area contributed by atoms with Crippen LogP contribution in [0.1, 0.15) is 68.2 Å². The van der Waals surface area contributed by atoms with Gasteiger partial charge in [-0.1, -0.05) is 24.8 Å². The molecule has 6 aliphatic carbocycles. The summed E-state index contributed by atoms with van der Waals surface area (Å²) in [6.07, 6.45) is 12.0. The monoisotopic (exact) mass is 1240 g/mol.